The zero-order valence-corrected chi connectivity index (χ0v) is 23.3. The molecule has 8 heteroatoms. The minimum atomic E-state index is -0.109. The summed E-state index contributed by atoms with van der Waals surface area (Å²) in [6.07, 6.45) is 7.05. The first kappa shape index (κ1) is 31.6. The van der Waals surface area contributed by atoms with Crippen LogP contribution in [0.15, 0.2) is 0 Å². The van der Waals surface area contributed by atoms with Crippen molar-refractivity contribution in [2.75, 3.05) is 37.8 Å². The molecule has 0 spiro atoms. The van der Waals surface area contributed by atoms with Gasteiger partial charge in [0.05, 0.1) is 37.1 Å². The molecular formula is C23H51NO5P2. The zero-order chi connectivity index (χ0) is 23.6. The van der Waals surface area contributed by atoms with Crippen LogP contribution in [-0.4, -0.2) is 80.9 Å². The smallest absolute Gasteiger partial charge is 0.161 e. The predicted octanol–water partition coefficient (Wildman–Crippen LogP) is 4.82. The van der Waals surface area contributed by atoms with Crippen LogP contribution in [0.3, 0.4) is 0 Å². The lowest BCUT2D eigenvalue weighted by Gasteiger charge is -2.24. The first-order valence-electron chi connectivity index (χ1n) is 12.0. The van der Waals surface area contributed by atoms with E-state index in [9.17, 15) is 0 Å². The van der Waals surface area contributed by atoms with Gasteiger partial charge in [0, 0.05) is 18.9 Å². The average Bonchev–Trinajstić information content (AvgIpc) is 2.63. The maximum atomic E-state index is 6.02. The van der Waals surface area contributed by atoms with Crippen LogP contribution in [0.4, 0.5) is 0 Å². The Bertz CT molecular complexity index is 348. The Hall–Kier alpha value is 0.620. The molecule has 0 aliphatic heterocycles. The van der Waals surface area contributed by atoms with Crippen molar-refractivity contribution in [1.29, 1.82) is 0 Å². The summed E-state index contributed by atoms with van der Waals surface area (Å²) in [5, 5.41) is 0. The van der Waals surface area contributed by atoms with Gasteiger partial charge in [-0.15, -0.1) is 17.2 Å². The molecule has 0 bridgehead atoms. The maximum absolute atomic E-state index is 6.02. The normalized spacial score (nSPS) is 14.4. The van der Waals surface area contributed by atoms with Crippen molar-refractivity contribution in [1.82, 2.24) is 0 Å². The van der Waals surface area contributed by atoms with Crippen LogP contribution in [-0.2, 0) is 23.7 Å². The van der Waals surface area contributed by atoms with Gasteiger partial charge in [-0.05, 0) is 80.6 Å². The fraction of sp³-hybridized carbons (Fsp3) is 1.00. The molecule has 0 aromatic heterocycles. The number of hydrogen-bond donors (Lipinski definition) is 1. The van der Waals surface area contributed by atoms with Crippen LogP contribution in [0.2, 0.25) is 0 Å². The third-order valence-electron chi connectivity index (χ3n) is 4.08. The molecular weight excluding hydrogens is 432 g/mol. The van der Waals surface area contributed by atoms with Gasteiger partial charge in [-0.1, -0.05) is 0 Å². The Morgan fingerprint density at radius 1 is 0.613 bits per heavy atom. The van der Waals surface area contributed by atoms with Crippen LogP contribution < -0.4 is 5.73 Å². The van der Waals surface area contributed by atoms with Gasteiger partial charge in [0.2, 0.25) is 0 Å². The van der Waals surface area contributed by atoms with E-state index in [0.717, 1.165) is 54.7 Å². The number of nitrogens with two attached hydrogens (primary N) is 1. The summed E-state index contributed by atoms with van der Waals surface area (Å²) in [5.74, 6) is 0. The van der Waals surface area contributed by atoms with Crippen molar-refractivity contribution in [2.45, 2.75) is 111 Å². The SMILES string of the molecule is CC(C)OC(CPCCC(CCPCC(OC(C)C)OC(C)C)OCCN)OC(C)C. The Balaban J connectivity index is 4.31. The van der Waals surface area contributed by atoms with Crippen LogP contribution in [0.1, 0.15) is 68.2 Å². The molecule has 0 saturated heterocycles. The minimum absolute atomic E-state index is 0.109. The summed E-state index contributed by atoms with van der Waals surface area (Å²) in [6.45, 7) is 17.6. The lowest BCUT2D eigenvalue weighted by atomic mass is 10.2. The van der Waals surface area contributed by atoms with Crippen LogP contribution in [0.25, 0.3) is 0 Å². The van der Waals surface area contributed by atoms with Gasteiger partial charge in [-0.25, -0.2) is 0 Å². The third kappa shape index (κ3) is 20.9. The van der Waals surface area contributed by atoms with E-state index in [1.165, 1.54) is 0 Å². The zero-order valence-electron chi connectivity index (χ0n) is 21.3. The van der Waals surface area contributed by atoms with E-state index in [1.807, 2.05) is 0 Å². The standard InChI is InChI=1S/C23H51NO5P2/c1-17(2)26-22(27-18(3)4)15-30-13-9-21(25-12-11-24)10-14-31-16-23(28-19(5)6)29-20(7)8/h17-23,30-31H,9-16,24H2,1-8H3. The monoisotopic (exact) mass is 483 g/mol. The van der Waals surface area contributed by atoms with Crippen LogP contribution in [0, 0.1) is 0 Å². The fourth-order valence-corrected chi connectivity index (χ4v) is 5.30. The molecule has 2 unspecified atom stereocenters. The molecule has 0 aliphatic carbocycles. The average molecular weight is 484 g/mol. The summed E-state index contributed by atoms with van der Waals surface area (Å²) < 4.78 is 29.6. The second kappa shape index (κ2) is 20.0. The molecule has 0 rings (SSSR count). The molecule has 0 radical (unpaired) electrons. The molecule has 0 aliphatic rings. The summed E-state index contributed by atoms with van der Waals surface area (Å²) in [4.78, 5) is 0. The highest BCUT2D eigenvalue weighted by Crippen LogP contribution is 2.23. The van der Waals surface area contributed by atoms with Gasteiger partial charge in [0.15, 0.2) is 12.6 Å². The molecule has 0 fully saturated rings. The largest absolute Gasteiger partial charge is 0.377 e. The summed E-state index contributed by atoms with van der Waals surface area (Å²) in [6, 6.07) is 0. The molecule has 6 nitrogen and oxygen atoms in total. The summed E-state index contributed by atoms with van der Waals surface area (Å²) in [7, 11) is 1.61. The van der Waals surface area contributed by atoms with Gasteiger partial charge < -0.3 is 29.4 Å². The minimum Gasteiger partial charge on any atom is -0.377 e. The van der Waals surface area contributed by atoms with E-state index >= 15 is 0 Å². The van der Waals surface area contributed by atoms with E-state index in [4.69, 9.17) is 29.4 Å². The third-order valence-corrected chi connectivity index (χ3v) is 6.60. The highest BCUT2D eigenvalue weighted by molar-refractivity contribution is 7.38. The summed E-state index contributed by atoms with van der Waals surface area (Å²) in [5.41, 5.74) is 5.66. The molecule has 2 atom stereocenters. The topological polar surface area (TPSA) is 72.2 Å². The van der Waals surface area contributed by atoms with Crippen molar-refractivity contribution in [3.63, 3.8) is 0 Å². The fourth-order valence-electron chi connectivity index (χ4n) is 2.98. The molecule has 0 aromatic rings. The van der Waals surface area contributed by atoms with Gasteiger partial charge in [-0.3, -0.25) is 0 Å². The van der Waals surface area contributed by atoms with Gasteiger partial charge >= 0.3 is 0 Å². The first-order chi connectivity index (χ1) is 14.6. The molecule has 0 saturated carbocycles. The van der Waals surface area contributed by atoms with Gasteiger partial charge in [-0.2, -0.15) is 0 Å². The van der Waals surface area contributed by atoms with Crippen LogP contribution in [0.5, 0.6) is 0 Å². The Morgan fingerprint density at radius 3 is 1.26 bits per heavy atom. The Labute approximate surface area is 196 Å². The molecule has 0 aromatic carbocycles. The number of hydrogen-bond acceptors (Lipinski definition) is 6. The van der Waals surface area contributed by atoms with Crippen molar-refractivity contribution in [3.8, 4) is 0 Å². The van der Waals surface area contributed by atoms with Gasteiger partial charge in [0.1, 0.15) is 0 Å². The quantitative estimate of drug-likeness (QED) is 0.143. The molecule has 188 valence electrons. The molecule has 0 heterocycles. The second-order valence-corrected chi connectivity index (χ2v) is 11.7. The molecule has 0 amide bonds. The van der Waals surface area contributed by atoms with Crippen LogP contribution >= 0.6 is 17.2 Å². The summed E-state index contributed by atoms with van der Waals surface area (Å²) >= 11 is 0. The second-order valence-electron chi connectivity index (χ2n) is 8.87. The molecule has 2 N–H and O–H groups in total. The number of rotatable bonds is 21. The highest BCUT2D eigenvalue weighted by Gasteiger charge is 2.16. The Morgan fingerprint density at radius 2 is 0.968 bits per heavy atom. The van der Waals surface area contributed by atoms with E-state index < -0.39 is 0 Å². The van der Waals surface area contributed by atoms with E-state index in [0.29, 0.717) is 13.2 Å². The number of ether oxygens (including phenoxy) is 5. The molecule has 31 heavy (non-hydrogen) atoms. The van der Waals surface area contributed by atoms with E-state index in [-0.39, 0.29) is 43.1 Å². The van der Waals surface area contributed by atoms with E-state index in [2.05, 4.69) is 55.4 Å². The van der Waals surface area contributed by atoms with Crippen molar-refractivity contribution < 1.29 is 23.7 Å². The van der Waals surface area contributed by atoms with Crippen molar-refractivity contribution in [2.24, 2.45) is 5.73 Å². The lowest BCUT2D eigenvalue weighted by molar-refractivity contribution is -0.167. The van der Waals surface area contributed by atoms with Gasteiger partial charge in [0.25, 0.3) is 0 Å². The Kier molecular flexibility index (Phi) is 20.4. The van der Waals surface area contributed by atoms with Crippen molar-refractivity contribution >= 4 is 17.2 Å². The lowest BCUT2D eigenvalue weighted by Crippen LogP contribution is -2.27. The first-order valence-corrected chi connectivity index (χ1v) is 14.8. The predicted molar refractivity (Wildman–Crippen MR) is 137 cm³/mol. The highest BCUT2D eigenvalue weighted by atomic mass is 31.1. The maximum Gasteiger partial charge on any atom is 0.161 e. The van der Waals surface area contributed by atoms with E-state index in [1.54, 1.807) is 0 Å². The van der Waals surface area contributed by atoms with Crippen molar-refractivity contribution in [3.05, 3.63) is 0 Å².